The van der Waals surface area contributed by atoms with Crippen LogP contribution in [0.3, 0.4) is 0 Å². The summed E-state index contributed by atoms with van der Waals surface area (Å²) >= 11 is 1.36. The average Bonchev–Trinajstić information content (AvgIpc) is 3.14. The van der Waals surface area contributed by atoms with Crippen molar-refractivity contribution in [3.05, 3.63) is 52.4 Å². The summed E-state index contributed by atoms with van der Waals surface area (Å²) in [6.45, 7) is 0. The number of nitrogens with zero attached hydrogens (tertiary/aromatic N) is 4. The third-order valence-corrected chi connectivity index (χ3v) is 3.84. The molecule has 7 heteroatoms. The number of hydrogen-bond acceptors (Lipinski definition) is 5. The highest BCUT2D eigenvalue weighted by Gasteiger charge is 2.05. The fourth-order valence-corrected chi connectivity index (χ4v) is 2.65. The summed E-state index contributed by atoms with van der Waals surface area (Å²) in [5.74, 6) is -0.364. The van der Waals surface area contributed by atoms with Gasteiger partial charge in [-0.3, -0.25) is 4.68 Å². The minimum atomic E-state index is -0.925. The van der Waals surface area contributed by atoms with Crippen molar-refractivity contribution in [3.63, 3.8) is 0 Å². The molecule has 0 aromatic carbocycles. The Morgan fingerprint density at radius 2 is 2.27 bits per heavy atom. The summed E-state index contributed by atoms with van der Waals surface area (Å²) in [6.07, 6.45) is 8.88. The molecule has 0 aliphatic heterocycles. The van der Waals surface area contributed by atoms with E-state index in [2.05, 4.69) is 15.1 Å². The lowest BCUT2D eigenvalue weighted by Crippen LogP contribution is -1.91. The van der Waals surface area contributed by atoms with E-state index in [4.69, 9.17) is 5.11 Å². The van der Waals surface area contributed by atoms with Crippen LogP contribution < -0.4 is 0 Å². The van der Waals surface area contributed by atoms with E-state index in [9.17, 15) is 4.79 Å². The van der Waals surface area contributed by atoms with Gasteiger partial charge in [0.2, 0.25) is 0 Å². The normalized spacial score (nSPS) is 11.1. The van der Waals surface area contributed by atoms with Gasteiger partial charge in [0.1, 0.15) is 0 Å². The second-order valence-corrected chi connectivity index (χ2v) is 5.52. The maximum absolute atomic E-state index is 10.8. The topological polar surface area (TPSA) is 80.9 Å². The summed E-state index contributed by atoms with van der Waals surface area (Å²) in [4.78, 5) is 20.3. The molecule has 0 saturated carbocycles. The molecule has 0 amide bonds. The maximum atomic E-state index is 10.8. The molecule has 0 spiro atoms. The van der Waals surface area contributed by atoms with Gasteiger partial charge in [0.15, 0.2) is 5.82 Å². The zero-order chi connectivity index (χ0) is 15.5. The van der Waals surface area contributed by atoms with Crippen molar-refractivity contribution in [2.75, 3.05) is 0 Å². The van der Waals surface area contributed by atoms with Crippen LogP contribution in [-0.2, 0) is 7.05 Å². The van der Waals surface area contributed by atoms with Crippen molar-refractivity contribution in [1.82, 2.24) is 19.7 Å². The minimum absolute atomic E-state index is 0.287. The third-order valence-electron chi connectivity index (χ3n) is 2.94. The van der Waals surface area contributed by atoms with Gasteiger partial charge >= 0.3 is 5.97 Å². The van der Waals surface area contributed by atoms with E-state index in [0.29, 0.717) is 5.82 Å². The van der Waals surface area contributed by atoms with E-state index in [0.717, 1.165) is 16.1 Å². The molecule has 110 valence electrons. The summed E-state index contributed by atoms with van der Waals surface area (Å²) in [5, 5.41) is 14.6. The van der Waals surface area contributed by atoms with Gasteiger partial charge in [-0.1, -0.05) is 0 Å². The fourth-order valence-electron chi connectivity index (χ4n) is 1.88. The van der Waals surface area contributed by atoms with Crippen LogP contribution in [0.2, 0.25) is 0 Å². The molecule has 0 saturated heterocycles. The lowest BCUT2D eigenvalue weighted by Gasteiger charge is -1.97. The predicted molar refractivity (Wildman–Crippen MR) is 84.4 cm³/mol. The van der Waals surface area contributed by atoms with Crippen molar-refractivity contribution in [3.8, 4) is 11.3 Å². The number of aromatic carboxylic acids is 1. The van der Waals surface area contributed by atoms with Crippen LogP contribution in [0.1, 0.15) is 21.1 Å². The van der Waals surface area contributed by atoms with Crippen LogP contribution in [0.5, 0.6) is 0 Å². The summed E-state index contributed by atoms with van der Waals surface area (Å²) in [5.41, 5.74) is 2.00. The zero-order valence-electron chi connectivity index (χ0n) is 11.7. The first kappa shape index (κ1) is 14.2. The standard InChI is InChI=1S/C15H12N4O2S/c1-19-8-11(7-17-19)13-4-5-16-14(18-13)3-2-12-6-10(9-22-12)15(20)21/h2-9H,1H3,(H,20,21)/b3-2+. The number of hydrogen-bond donors (Lipinski definition) is 1. The number of aryl methyl sites for hydroxylation is 1. The predicted octanol–water partition coefficient (Wildman–Crippen LogP) is 2.81. The first-order chi connectivity index (χ1) is 10.6. The molecule has 0 bridgehead atoms. The highest BCUT2D eigenvalue weighted by Crippen LogP contribution is 2.18. The smallest absolute Gasteiger partial charge is 0.336 e. The quantitative estimate of drug-likeness (QED) is 0.801. The lowest BCUT2D eigenvalue weighted by atomic mass is 10.2. The molecule has 3 aromatic heterocycles. The highest BCUT2D eigenvalue weighted by atomic mass is 32.1. The van der Waals surface area contributed by atoms with Crippen molar-refractivity contribution in [1.29, 1.82) is 0 Å². The van der Waals surface area contributed by atoms with Crippen LogP contribution in [0.15, 0.2) is 36.1 Å². The number of carboxylic acid groups (broad SMARTS) is 1. The van der Waals surface area contributed by atoms with Gasteiger partial charge in [-0.25, -0.2) is 14.8 Å². The van der Waals surface area contributed by atoms with Gasteiger partial charge in [-0.15, -0.1) is 11.3 Å². The zero-order valence-corrected chi connectivity index (χ0v) is 12.5. The first-order valence-corrected chi connectivity index (χ1v) is 7.32. The molecule has 3 rings (SSSR count). The summed E-state index contributed by atoms with van der Waals surface area (Å²) in [6, 6.07) is 3.44. The van der Waals surface area contributed by atoms with Gasteiger partial charge in [-0.2, -0.15) is 5.10 Å². The lowest BCUT2D eigenvalue weighted by molar-refractivity contribution is 0.0697. The Morgan fingerprint density at radius 3 is 2.95 bits per heavy atom. The monoisotopic (exact) mass is 312 g/mol. The molecule has 3 heterocycles. The van der Waals surface area contributed by atoms with Gasteiger partial charge in [-0.05, 0) is 24.3 Å². The molecule has 0 fully saturated rings. The molecular weight excluding hydrogens is 300 g/mol. The molecule has 0 radical (unpaired) electrons. The molecular formula is C15H12N4O2S. The van der Waals surface area contributed by atoms with Crippen molar-refractivity contribution in [2.45, 2.75) is 0 Å². The van der Waals surface area contributed by atoms with Crippen molar-refractivity contribution in [2.24, 2.45) is 7.05 Å². The summed E-state index contributed by atoms with van der Waals surface area (Å²) < 4.78 is 1.71. The second-order valence-electron chi connectivity index (χ2n) is 4.58. The number of rotatable bonds is 4. The Labute approximate surface area is 130 Å². The van der Waals surface area contributed by atoms with Gasteiger partial charge < -0.3 is 5.11 Å². The van der Waals surface area contributed by atoms with Crippen LogP contribution >= 0.6 is 11.3 Å². The maximum Gasteiger partial charge on any atom is 0.336 e. The fraction of sp³-hybridized carbons (Fsp3) is 0.0667. The SMILES string of the molecule is Cn1cc(-c2ccnc(/C=C/c3cc(C(=O)O)cs3)n2)cn1. The molecule has 1 N–H and O–H groups in total. The average molecular weight is 312 g/mol. The van der Waals surface area contributed by atoms with E-state index in [-0.39, 0.29) is 5.56 Å². The van der Waals surface area contributed by atoms with Crippen LogP contribution in [0.4, 0.5) is 0 Å². The number of aromatic nitrogens is 4. The summed E-state index contributed by atoms with van der Waals surface area (Å²) in [7, 11) is 1.85. The minimum Gasteiger partial charge on any atom is -0.478 e. The Hall–Kier alpha value is -2.80. The second kappa shape index (κ2) is 5.90. The first-order valence-electron chi connectivity index (χ1n) is 6.44. The molecule has 3 aromatic rings. The Balaban J connectivity index is 1.83. The van der Waals surface area contributed by atoms with E-state index >= 15 is 0 Å². The Bertz CT molecular complexity index is 851. The number of carboxylic acids is 1. The van der Waals surface area contributed by atoms with E-state index in [1.54, 1.807) is 40.7 Å². The van der Waals surface area contributed by atoms with E-state index in [1.807, 2.05) is 19.3 Å². The molecule has 6 nitrogen and oxygen atoms in total. The molecule has 0 atom stereocenters. The van der Waals surface area contributed by atoms with Crippen LogP contribution in [0.25, 0.3) is 23.4 Å². The molecule has 0 unspecified atom stereocenters. The molecule has 0 aliphatic carbocycles. The van der Waals surface area contributed by atoms with Crippen molar-refractivity contribution < 1.29 is 9.90 Å². The Kier molecular flexibility index (Phi) is 3.80. The van der Waals surface area contributed by atoms with E-state index in [1.165, 1.54) is 11.3 Å². The van der Waals surface area contributed by atoms with Crippen molar-refractivity contribution >= 4 is 29.5 Å². The largest absolute Gasteiger partial charge is 0.478 e. The van der Waals surface area contributed by atoms with Gasteiger partial charge in [0, 0.05) is 35.3 Å². The number of thiophene rings is 1. The van der Waals surface area contributed by atoms with Crippen LogP contribution in [-0.4, -0.2) is 30.8 Å². The van der Waals surface area contributed by atoms with Crippen LogP contribution in [0, 0.1) is 0 Å². The van der Waals surface area contributed by atoms with E-state index < -0.39 is 5.97 Å². The van der Waals surface area contributed by atoms with Gasteiger partial charge in [0.25, 0.3) is 0 Å². The molecule has 22 heavy (non-hydrogen) atoms. The van der Waals surface area contributed by atoms with Gasteiger partial charge in [0.05, 0.1) is 17.5 Å². The molecule has 0 aliphatic rings. The Morgan fingerprint density at radius 1 is 1.41 bits per heavy atom. The third kappa shape index (κ3) is 3.09. The number of carbonyl (C=O) groups is 1. The highest BCUT2D eigenvalue weighted by molar-refractivity contribution is 7.11.